The third kappa shape index (κ3) is 6.69. The van der Waals surface area contributed by atoms with Crippen LogP contribution in [0.5, 0.6) is 5.75 Å². The first kappa shape index (κ1) is 25.7. The van der Waals surface area contributed by atoms with Crippen molar-refractivity contribution in [3.63, 3.8) is 0 Å². The van der Waals surface area contributed by atoms with Gasteiger partial charge in [-0.15, -0.1) is 0 Å². The highest BCUT2D eigenvalue weighted by molar-refractivity contribution is 5.97. The molecule has 0 aliphatic heterocycles. The number of nitrogens with two attached hydrogens (primary N) is 1. The maximum Gasteiger partial charge on any atom is 0.330 e. The largest absolute Gasteiger partial charge is 0.496 e. The second-order valence-corrected chi connectivity index (χ2v) is 7.27. The Morgan fingerprint density at radius 1 is 1.18 bits per heavy atom. The first-order valence-corrected chi connectivity index (χ1v) is 10.6. The fraction of sp³-hybridized carbons (Fsp3) is 0.455. The van der Waals surface area contributed by atoms with Crippen molar-refractivity contribution < 1.29 is 19.1 Å². The van der Waals surface area contributed by atoms with Gasteiger partial charge in [0.05, 0.1) is 13.7 Å². The molecule has 0 aliphatic rings. The summed E-state index contributed by atoms with van der Waals surface area (Å²) in [6.07, 6.45) is 0.352. The second-order valence-electron chi connectivity index (χ2n) is 7.27. The Morgan fingerprint density at radius 3 is 2.58 bits per heavy atom. The van der Waals surface area contributed by atoms with E-state index in [0.29, 0.717) is 12.2 Å². The van der Waals surface area contributed by atoms with Crippen LogP contribution < -0.4 is 31.9 Å². The van der Waals surface area contributed by atoms with Crippen molar-refractivity contribution in [3.05, 3.63) is 50.7 Å². The quantitative estimate of drug-likeness (QED) is 0.419. The van der Waals surface area contributed by atoms with Crippen LogP contribution in [0.1, 0.15) is 31.7 Å². The summed E-state index contributed by atoms with van der Waals surface area (Å²) in [7, 11) is 3.00. The Bertz CT molecular complexity index is 1080. The Labute approximate surface area is 191 Å². The topological polar surface area (TPSA) is 149 Å². The van der Waals surface area contributed by atoms with Gasteiger partial charge in [0.1, 0.15) is 11.6 Å². The smallest absolute Gasteiger partial charge is 0.330 e. The van der Waals surface area contributed by atoms with Crippen LogP contribution in [0.4, 0.5) is 11.5 Å². The molecule has 1 heterocycles. The number of rotatable bonds is 12. The molecule has 0 radical (unpaired) electrons. The van der Waals surface area contributed by atoms with Gasteiger partial charge >= 0.3 is 5.69 Å². The van der Waals surface area contributed by atoms with Crippen LogP contribution in [0, 0.1) is 0 Å². The summed E-state index contributed by atoms with van der Waals surface area (Å²) >= 11 is 0. The molecule has 2 amide bonds. The molecule has 1 aromatic carbocycles. The summed E-state index contributed by atoms with van der Waals surface area (Å²) in [6.45, 7) is 2.56. The van der Waals surface area contributed by atoms with Gasteiger partial charge in [0.2, 0.25) is 11.8 Å². The Morgan fingerprint density at radius 2 is 1.91 bits per heavy atom. The van der Waals surface area contributed by atoms with E-state index in [1.807, 2.05) is 25.1 Å². The summed E-state index contributed by atoms with van der Waals surface area (Å²) < 4.78 is 11.5. The first-order chi connectivity index (χ1) is 15.8. The number of hydrogen-bond acceptors (Lipinski definition) is 7. The van der Waals surface area contributed by atoms with Gasteiger partial charge in [-0.3, -0.25) is 23.9 Å². The number of benzene rings is 1. The number of methoxy groups -OCH3 is 2. The number of amides is 2. The molecule has 0 aliphatic carbocycles. The Kier molecular flexibility index (Phi) is 9.67. The number of hydrogen-bond donors (Lipinski definition) is 3. The number of carbonyl (C=O) groups is 2. The molecule has 0 bridgehead atoms. The number of ether oxygens (including phenoxy) is 2. The zero-order valence-electron chi connectivity index (χ0n) is 19.2. The molecule has 0 saturated carbocycles. The van der Waals surface area contributed by atoms with Crippen molar-refractivity contribution in [1.82, 2.24) is 14.9 Å². The molecular weight excluding hydrogens is 430 g/mol. The van der Waals surface area contributed by atoms with E-state index in [1.54, 1.807) is 13.2 Å². The van der Waals surface area contributed by atoms with Gasteiger partial charge in [-0.25, -0.2) is 4.79 Å². The third-order valence-electron chi connectivity index (χ3n) is 4.99. The Hall–Kier alpha value is -3.60. The normalized spacial score (nSPS) is 10.6. The number of nitrogens with zero attached hydrogens (tertiary/aromatic N) is 2. The summed E-state index contributed by atoms with van der Waals surface area (Å²) in [6, 6.07) is 7.28. The molecule has 11 nitrogen and oxygen atoms in total. The summed E-state index contributed by atoms with van der Waals surface area (Å²) in [4.78, 5) is 53.3. The molecule has 4 N–H and O–H groups in total. The molecular formula is C22H31N5O6. The third-order valence-corrected chi connectivity index (χ3v) is 4.99. The minimum atomic E-state index is -0.769. The highest BCUT2D eigenvalue weighted by atomic mass is 16.5. The van der Waals surface area contributed by atoms with Gasteiger partial charge in [0.25, 0.3) is 5.56 Å². The highest BCUT2D eigenvalue weighted by Gasteiger charge is 2.24. The van der Waals surface area contributed by atoms with Gasteiger partial charge in [-0.1, -0.05) is 25.1 Å². The van der Waals surface area contributed by atoms with E-state index in [-0.39, 0.29) is 56.5 Å². The van der Waals surface area contributed by atoms with Gasteiger partial charge in [-0.05, 0) is 12.5 Å². The summed E-state index contributed by atoms with van der Waals surface area (Å²) in [5, 5.41) is 2.75. The molecule has 0 spiro atoms. The predicted molar refractivity (Wildman–Crippen MR) is 124 cm³/mol. The summed E-state index contributed by atoms with van der Waals surface area (Å²) in [5.74, 6) is -0.274. The molecule has 11 heteroatoms. The molecule has 0 fully saturated rings. The lowest BCUT2D eigenvalue weighted by molar-refractivity contribution is -0.125. The van der Waals surface area contributed by atoms with Crippen LogP contribution in [-0.2, 0) is 27.4 Å². The molecule has 33 heavy (non-hydrogen) atoms. The van der Waals surface area contributed by atoms with E-state index >= 15 is 0 Å². The number of nitrogens with one attached hydrogen (secondary N) is 2. The first-order valence-electron chi connectivity index (χ1n) is 10.6. The van der Waals surface area contributed by atoms with E-state index in [9.17, 15) is 19.2 Å². The van der Waals surface area contributed by atoms with Gasteiger partial charge in [-0.2, -0.15) is 0 Å². The van der Waals surface area contributed by atoms with Crippen LogP contribution in [0.3, 0.4) is 0 Å². The SMILES string of the molecule is CCCn1c(N)c(N(CCOC)C(=O)CCC(=O)NCc2ccccc2OC)c(=O)[nH]c1=O. The summed E-state index contributed by atoms with van der Waals surface area (Å²) in [5.41, 5.74) is 5.36. The van der Waals surface area contributed by atoms with E-state index in [4.69, 9.17) is 15.2 Å². The van der Waals surface area contributed by atoms with Crippen LogP contribution in [0.25, 0.3) is 0 Å². The van der Waals surface area contributed by atoms with Gasteiger partial charge < -0.3 is 25.4 Å². The minimum Gasteiger partial charge on any atom is -0.496 e. The molecule has 2 rings (SSSR count). The van der Waals surface area contributed by atoms with Crippen LogP contribution >= 0.6 is 0 Å². The maximum absolute atomic E-state index is 13.0. The van der Waals surface area contributed by atoms with Crippen molar-refractivity contribution in [2.75, 3.05) is 38.0 Å². The monoisotopic (exact) mass is 461 g/mol. The minimum absolute atomic E-state index is 0.0375. The number of H-pyrrole nitrogens is 1. The predicted octanol–water partition coefficient (Wildman–Crippen LogP) is 0.613. The molecule has 0 unspecified atom stereocenters. The average molecular weight is 462 g/mol. The van der Waals surface area contributed by atoms with Gasteiger partial charge in [0.15, 0.2) is 5.69 Å². The number of aromatic amines is 1. The molecule has 1 aromatic heterocycles. The molecule has 0 atom stereocenters. The Balaban J connectivity index is 2.13. The number of carbonyl (C=O) groups excluding carboxylic acids is 2. The lowest BCUT2D eigenvalue weighted by Crippen LogP contribution is -2.42. The maximum atomic E-state index is 13.0. The molecule has 2 aromatic rings. The molecule has 180 valence electrons. The second kappa shape index (κ2) is 12.4. The van der Waals surface area contributed by atoms with E-state index in [2.05, 4.69) is 10.3 Å². The van der Waals surface area contributed by atoms with Crippen LogP contribution in [0.15, 0.2) is 33.9 Å². The number of nitrogen functional groups attached to an aromatic ring is 1. The van der Waals surface area contributed by atoms with Gasteiger partial charge in [0, 0.05) is 45.1 Å². The van der Waals surface area contributed by atoms with Crippen molar-refractivity contribution in [2.45, 2.75) is 39.3 Å². The number of anilines is 2. The van der Waals surface area contributed by atoms with E-state index in [1.165, 1.54) is 11.7 Å². The van der Waals surface area contributed by atoms with Crippen molar-refractivity contribution in [1.29, 1.82) is 0 Å². The standard InChI is InChI=1S/C22H31N5O6/c1-4-11-27-20(23)19(21(30)25-22(27)31)26(12-13-32-2)18(29)10-9-17(28)24-14-15-7-5-6-8-16(15)33-3/h5-8H,4,9-14,23H2,1-3H3,(H,24,28)(H,25,30,31). The fourth-order valence-corrected chi connectivity index (χ4v) is 3.31. The number of aromatic nitrogens is 2. The lowest BCUT2D eigenvalue weighted by atomic mass is 10.2. The zero-order chi connectivity index (χ0) is 24.4. The zero-order valence-corrected chi connectivity index (χ0v) is 19.2. The van der Waals surface area contributed by atoms with Crippen molar-refractivity contribution >= 4 is 23.3 Å². The van der Waals surface area contributed by atoms with Crippen LogP contribution in [0.2, 0.25) is 0 Å². The average Bonchev–Trinajstić information content (AvgIpc) is 2.80. The highest BCUT2D eigenvalue weighted by Crippen LogP contribution is 2.19. The fourth-order valence-electron chi connectivity index (χ4n) is 3.31. The van der Waals surface area contributed by atoms with Crippen molar-refractivity contribution in [3.8, 4) is 5.75 Å². The van der Waals surface area contributed by atoms with Crippen molar-refractivity contribution in [2.24, 2.45) is 0 Å². The lowest BCUT2D eigenvalue weighted by Gasteiger charge is -2.24. The number of para-hydroxylation sites is 1. The van der Waals surface area contributed by atoms with E-state index in [0.717, 1.165) is 10.5 Å². The van der Waals surface area contributed by atoms with E-state index < -0.39 is 17.2 Å². The molecule has 0 saturated heterocycles. The van der Waals surface area contributed by atoms with Crippen LogP contribution in [-0.4, -0.2) is 48.7 Å².